The summed E-state index contributed by atoms with van der Waals surface area (Å²) < 4.78 is 11.4. The molecule has 8 heteroatoms. The quantitative estimate of drug-likeness (QED) is 0.123. The summed E-state index contributed by atoms with van der Waals surface area (Å²) >= 11 is 0. The van der Waals surface area contributed by atoms with Crippen molar-refractivity contribution < 1.29 is 14.6 Å². The van der Waals surface area contributed by atoms with E-state index in [1.54, 1.807) is 0 Å². The van der Waals surface area contributed by atoms with Crippen LogP contribution < -0.4 is 10.6 Å². The van der Waals surface area contributed by atoms with Crippen molar-refractivity contribution in [1.82, 2.24) is 15.5 Å². The van der Waals surface area contributed by atoms with Crippen LogP contribution in [0.2, 0.25) is 0 Å². The Morgan fingerprint density at radius 3 is 2.50 bits per heavy atom. The van der Waals surface area contributed by atoms with Crippen LogP contribution in [0.15, 0.2) is 4.99 Å². The van der Waals surface area contributed by atoms with E-state index < -0.39 is 5.60 Å². The molecule has 1 unspecified atom stereocenters. The number of halogens is 1. The number of aliphatic hydroxyl groups is 1. The molecule has 7 nitrogen and oxygen atoms in total. The summed E-state index contributed by atoms with van der Waals surface area (Å²) in [6, 6.07) is 0. The summed E-state index contributed by atoms with van der Waals surface area (Å²) in [5, 5.41) is 17.4. The number of nitrogens with zero attached hydrogens (tertiary/aromatic N) is 2. The van der Waals surface area contributed by atoms with Crippen LogP contribution >= 0.6 is 24.0 Å². The van der Waals surface area contributed by atoms with Crippen molar-refractivity contribution in [2.24, 2.45) is 4.99 Å². The lowest BCUT2D eigenvalue weighted by atomic mass is 10.1. The third kappa shape index (κ3) is 12.6. The molecule has 30 heavy (non-hydrogen) atoms. The molecule has 178 valence electrons. The van der Waals surface area contributed by atoms with Gasteiger partial charge in [-0.15, -0.1) is 24.0 Å². The maximum Gasteiger partial charge on any atom is 0.191 e. The number of hydrogen-bond donors (Lipinski definition) is 3. The Balaban J connectivity index is 0.00000450. The lowest BCUT2D eigenvalue weighted by molar-refractivity contribution is -0.0179. The minimum Gasteiger partial charge on any atom is -0.387 e. The Morgan fingerprint density at radius 1 is 1.13 bits per heavy atom. The normalized spacial score (nSPS) is 21.4. The number of rotatable bonds is 11. The molecule has 0 spiro atoms. The third-order valence-electron chi connectivity index (χ3n) is 5.61. The largest absolute Gasteiger partial charge is 0.387 e. The molecule has 2 fully saturated rings. The second kappa shape index (κ2) is 16.5. The Morgan fingerprint density at radius 2 is 1.83 bits per heavy atom. The zero-order chi connectivity index (χ0) is 20.8. The molecule has 0 bridgehead atoms. The fourth-order valence-electron chi connectivity index (χ4n) is 3.97. The summed E-state index contributed by atoms with van der Waals surface area (Å²) in [7, 11) is 0. The van der Waals surface area contributed by atoms with Crippen LogP contribution in [-0.4, -0.2) is 86.8 Å². The molecule has 1 saturated carbocycles. The Labute approximate surface area is 200 Å². The van der Waals surface area contributed by atoms with E-state index in [0.717, 1.165) is 64.8 Å². The first-order valence-corrected chi connectivity index (χ1v) is 11.8. The van der Waals surface area contributed by atoms with Gasteiger partial charge in [0.2, 0.25) is 0 Å². The molecule has 1 atom stereocenters. The zero-order valence-electron chi connectivity index (χ0n) is 19.2. The lowest BCUT2D eigenvalue weighted by Gasteiger charge is -2.33. The average molecular weight is 541 g/mol. The number of β-amino-alcohol motifs (C(OH)–C–C–N with tert-alkyl or cyclic N) is 1. The van der Waals surface area contributed by atoms with Crippen LogP contribution in [0.4, 0.5) is 0 Å². The number of nitrogens with one attached hydrogen (secondary N) is 2. The second-order valence-corrected chi connectivity index (χ2v) is 8.70. The summed E-state index contributed by atoms with van der Waals surface area (Å²) in [6.07, 6.45) is 10.5. The van der Waals surface area contributed by atoms with Gasteiger partial charge >= 0.3 is 0 Å². The smallest absolute Gasteiger partial charge is 0.191 e. The van der Waals surface area contributed by atoms with Crippen molar-refractivity contribution in [3.8, 4) is 0 Å². The van der Waals surface area contributed by atoms with Crippen molar-refractivity contribution in [1.29, 1.82) is 0 Å². The van der Waals surface area contributed by atoms with Crippen LogP contribution in [0, 0.1) is 0 Å². The number of morpholine rings is 1. The van der Waals surface area contributed by atoms with Gasteiger partial charge in [-0.1, -0.05) is 25.7 Å². The van der Waals surface area contributed by atoms with Gasteiger partial charge in [0.05, 0.1) is 31.5 Å². The molecular weight excluding hydrogens is 495 g/mol. The molecule has 1 heterocycles. The summed E-state index contributed by atoms with van der Waals surface area (Å²) in [6.45, 7) is 10.7. The van der Waals surface area contributed by atoms with Crippen LogP contribution in [-0.2, 0) is 9.47 Å². The Kier molecular flexibility index (Phi) is 15.3. The van der Waals surface area contributed by atoms with Gasteiger partial charge in [-0.25, -0.2) is 0 Å². The highest BCUT2D eigenvalue weighted by Gasteiger charge is 2.25. The first-order valence-electron chi connectivity index (χ1n) is 11.8. The van der Waals surface area contributed by atoms with Gasteiger partial charge in [0.15, 0.2) is 5.96 Å². The van der Waals surface area contributed by atoms with Gasteiger partial charge in [0, 0.05) is 39.3 Å². The fourth-order valence-corrected chi connectivity index (χ4v) is 3.97. The van der Waals surface area contributed by atoms with E-state index in [0.29, 0.717) is 19.2 Å². The maximum atomic E-state index is 10.7. The van der Waals surface area contributed by atoms with E-state index in [9.17, 15) is 5.11 Å². The first-order chi connectivity index (χ1) is 14.1. The highest BCUT2D eigenvalue weighted by atomic mass is 127. The molecule has 3 N–H and O–H groups in total. The third-order valence-corrected chi connectivity index (χ3v) is 5.61. The number of hydrogen-bond acceptors (Lipinski definition) is 5. The predicted molar refractivity (Wildman–Crippen MR) is 134 cm³/mol. The van der Waals surface area contributed by atoms with E-state index in [2.05, 4.69) is 27.4 Å². The zero-order valence-corrected chi connectivity index (χ0v) is 21.5. The predicted octanol–water partition coefficient (Wildman–Crippen LogP) is 2.76. The summed E-state index contributed by atoms with van der Waals surface area (Å²) in [4.78, 5) is 6.85. The average Bonchev–Trinajstić information content (AvgIpc) is 2.98. The van der Waals surface area contributed by atoms with E-state index in [4.69, 9.17) is 9.47 Å². The van der Waals surface area contributed by atoms with Gasteiger partial charge < -0.3 is 25.2 Å². The second-order valence-electron chi connectivity index (χ2n) is 8.70. The minimum absolute atomic E-state index is 0. The van der Waals surface area contributed by atoms with E-state index >= 15 is 0 Å². The van der Waals surface area contributed by atoms with Crippen molar-refractivity contribution in [3.63, 3.8) is 0 Å². The molecule has 1 aliphatic heterocycles. The Hall–Kier alpha value is -0.160. The molecule has 0 aromatic heterocycles. The van der Waals surface area contributed by atoms with Crippen LogP contribution in [0.5, 0.6) is 0 Å². The number of ether oxygens (including phenoxy) is 2. The molecule has 2 rings (SSSR count). The molecular formula is C22H45IN4O3. The van der Waals surface area contributed by atoms with Crippen LogP contribution in [0.25, 0.3) is 0 Å². The van der Waals surface area contributed by atoms with E-state index in [1.807, 2.05) is 6.92 Å². The monoisotopic (exact) mass is 540 g/mol. The van der Waals surface area contributed by atoms with Gasteiger partial charge in [-0.05, 0) is 39.5 Å². The lowest BCUT2D eigenvalue weighted by Crippen LogP contribution is -2.48. The van der Waals surface area contributed by atoms with Gasteiger partial charge in [-0.2, -0.15) is 0 Å². The molecule has 1 aliphatic carbocycles. The van der Waals surface area contributed by atoms with Crippen molar-refractivity contribution in [2.45, 2.75) is 76.9 Å². The highest BCUT2D eigenvalue weighted by molar-refractivity contribution is 14.0. The molecule has 2 aliphatic rings. The van der Waals surface area contributed by atoms with E-state index in [1.165, 1.54) is 38.5 Å². The number of unbranched alkanes of at least 4 members (excludes halogenated alkanes) is 1. The fraction of sp³-hybridized carbons (Fsp3) is 0.955. The van der Waals surface area contributed by atoms with Crippen LogP contribution in [0.3, 0.4) is 0 Å². The van der Waals surface area contributed by atoms with Crippen LogP contribution in [0.1, 0.15) is 65.2 Å². The van der Waals surface area contributed by atoms with Gasteiger partial charge in [-0.3, -0.25) is 9.89 Å². The molecule has 0 aromatic rings. The summed E-state index contributed by atoms with van der Waals surface area (Å²) in [5.74, 6) is 0.777. The highest BCUT2D eigenvalue weighted by Crippen LogP contribution is 2.19. The van der Waals surface area contributed by atoms with Gasteiger partial charge in [0.25, 0.3) is 0 Å². The molecule has 0 amide bonds. The van der Waals surface area contributed by atoms with E-state index in [-0.39, 0.29) is 24.0 Å². The van der Waals surface area contributed by atoms with Crippen molar-refractivity contribution in [2.75, 3.05) is 59.1 Å². The van der Waals surface area contributed by atoms with Crippen molar-refractivity contribution >= 4 is 29.9 Å². The number of aliphatic imine (C=N–C) groups is 1. The molecule has 1 saturated heterocycles. The summed E-state index contributed by atoms with van der Waals surface area (Å²) in [5.41, 5.74) is -0.841. The van der Waals surface area contributed by atoms with Crippen molar-refractivity contribution in [3.05, 3.63) is 0 Å². The van der Waals surface area contributed by atoms with Gasteiger partial charge in [0.1, 0.15) is 0 Å². The standard InChI is InChI=1S/C22H44N4O3.HI/c1-3-23-21(25-18-22(2,27)19-26-13-16-28-17-14-26)24-12-8-9-15-29-20-10-6-4-5-7-11-20;/h20,27H,3-19H2,1-2H3,(H2,23,24,25);1H. The molecule has 0 radical (unpaired) electrons. The topological polar surface area (TPSA) is 78.4 Å². The maximum absolute atomic E-state index is 10.7. The minimum atomic E-state index is -0.841. The SMILES string of the molecule is CCNC(=NCC(C)(O)CN1CCOCC1)NCCCCOC1CCCCCC1.I. The number of guanidine groups is 1. The first kappa shape index (κ1) is 27.9. The molecule has 0 aromatic carbocycles. The Bertz CT molecular complexity index is 452.